The van der Waals surface area contributed by atoms with Gasteiger partial charge in [-0.2, -0.15) is 0 Å². The van der Waals surface area contributed by atoms with Crippen molar-refractivity contribution in [2.75, 3.05) is 6.61 Å². The summed E-state index contributed by atoms with van der Waals surface area (Å²) in [4.78, 5) is 0. The standard InChI is InChI=1S/C16H21ClO3/c1-3-15(2)10-16(6-7-19-15)9-13(18)12-8-11(17)4-5-14(12)20-16/h4-5,8,13,18H,3,6-7,9-10H2,1-2H3/t13-,15?,16?/m0/s1. The van der Waals surface area contributed by atoms with Crippen LogP contribution in [0.4, 0.5) is 0 Å². The van der Waals surface area contributed by atoms with Crippen molar-refractivity contribution in [2.24, 2.45) is 0 Å². The topological polar surface area (TPSA) is 38.7 Å². The fraction of sp³-hybridized carbons (Fsp3) is 0.625. The molecule has 0 saturated carbocycles. The first kappa shape index (κ1) is 14.2. The Kier molecular flexibility index (Phi) is 3.47. The highest BCUT2D eigenvalue weighted by Gasteiger charge is 2.48. The lowest BCUT2D eigenvalue weighted by molar-refractivity contribution is -0.160. The van der Waals surface area contributed by atoms with Gasteiger partial charge in [-0.05, 0) is 31.5 Å². The quantitative estimate of drug-likeness (QED) is 0.855. The SMILES string of the molecule is CCC1(C)CC2(CCO1)C[C@H](O)c1cc(Cl)ccc1O2. The Morgan fingerprint density at radius 3 is 3.00 bits per heavy atom. The maximum atomic E-state index is 10.5. The highest BCUT2D eigenvalue weighted by molar-refractivity contribution is 6.30. The van der Waals surface area contributed by atoms with Crippen molar-refractivity contribution in [1.82, 2.24) is 0 Å². The van der Waals surface area contributed by atoms with Crippen molar-refractivity contribution < 1.29 is 14.6 Å². The van der Waals surface area contributed by atoms with Gasteiger partial charge in [0.15, 0.2) is 0 Å². The van der Waals surface area contributed by atoms with Gasteiger partial charge in [0.1, 0.15) is 11.4 Å². The molecule has 0 aromatic heterocycles. The summed E-state index contributed by atoms with van der Waals surface area (Å²) in [5.41, 5.74) is 0.318. The average molecular weight is 297 g/mol. The molecule has 0 radical (unpaired) electrons. The van der Waals surface area contributed by atoms with Crippen molar-refractivity contribution in [3.63, 3.8) is 0 Å². The van der Waals surface area contributed by atoms with E-state index in [2.05, 4.69) is 13.8 Å². The van der Waals surface area contributed by atoms with Crippen LogP contribution in [0, 0.1) is 0 Å². The maximum absolute atomic E-state index is 10.5. The van der Waals surface area contributed by atoms with Crippen LogP contribution in [0.1, 0.15) is 51.2 Å². The molecule has 0 bridgehead atoms. The van der Waals surface area contributed by atoms with Crippen LogP contribution >= 0.6 is 11.6 Å². The van der Waals surface area contributed by atoms with Crippen LogP contribution in [0.2, 0.25) is 5.02 Å². The van der Waals surface area contributed by atoms with E-state index in [1.165, 1.54) is 0 Å². The van der Waals surface area contributed by atoms with E-state index < -0.39 is 6.10 Å². The van der Waals surface area contributed by atoms with E-state index in [0.717, 1.165) is 30.6 Å². The normalized spacial score (nSPS) is 36.5. The monoisotopic (exact) mass is 296 g/mol. The molecule has 110 valence electrons. The Morgan fingerprint density at radius 2 is 2.25 bits per heavy atom. The van der Waals surface area contributed by atoms with Crippen LogP contribution in [0.15, 0.2) is 18.2 Å². The van der Waals surface area contributed by atoms with E-state index >= 15 is 0 Å². The number of ether oxygens (including phenoxy) is 2. The van der Waals surface area contributed by atoms with Gasteiger partial charge in [0, 0.05) is 29.8 Å². The number of aliphatic hydroxyl groups is 1. The summed E-state index contributed by atoms with van der Waals surface area (Å²) in [5.74, 6) is 0.758. The van der Waals surface area contributed by atoms with Crippen molar-refractivity contribution in [1.29, 1.82) is 0 Å². The Hall–Kier alpha value is -0.770. The van der Waals surface area contributed by atoms with E-state index in [0.29, 0.717) is 18.1 Å². The third-order valence-corrected chi connectivity index (χ3v) is 4.91. The summed E-state index contributed by atoms with van der Waals surface area (Å²) in [6, 6.07) is 5.47. The van der Waals surface area contributed by atoms with Crippen LogP contribution in [0.5, 0.6) is 5.75 Å². The number of hydrogen-bond donors (Lipinski definition) is 1. The van der Waals surface area contributed by atoms with E-state index in [4.69, 9.17) is 21.1 Å². The minimum atomic E-state index is -0.517. The lowest BCUT2D eigenvalue weighted by Crippen LogP contribution is -2.52. The molecule has 20 heavy (non-hydrogen) atoms. The Bertz CT molecular complexity index is 518. The number of benzene rings is 1. The molecule has 1 aromatic rings. The molecule has 1 N–H and O–H groups in total. The number of halogens is 1. The van der Waals surface area contributed by atoms with Crippen LogP contribution in [-0.2, 0) is 4.74 Å². The van der Waals surface area contributed by atoms with Crippen molar-refractivity contribution in [2.45, 2.75) is 56.8 Å². The molecule has 1 spiro atoms. The van der Waals surface area contributed by atoms with E-state index in [9.17, 15) is 5.11 Å². The molecule has 0 aliphatic carbocycles. The lowest BCUT2D eigenvalue weighted by Gasteiger charge is -2.49. The average Bonchev–Trinajstić information content (AvgIpc) is 2.40. The van der Waals surface area contributed by atoms with E-state index in [-0.39, 0.29) is 11.2 Å². The van der Waals surface area contributed by atoms with Gasteiger partial charge in [-0.25, -0.2) is 0 Å². The summed E-state index contributed by atoms with van der Waals surface area (Å²) in [7, 11) is 0. The van der Waals surface area contributed by atoms with Crippen LogP contribution in [-0.4, -0.2) is 22.9 Å². The summed E-state index contributed by atoms with van der Waals surface area (Å²) in [6.45, 7) is 4.94. The summed E-state index contributed by atoms with van der Waals surface area (Å²) < 4.78 is 12.2. The molecule has 0 amide bonds. The van der Waals surface area contributed by atoms with Crippen molar-refractivity contribution in [3.8, 4) is 5.75 Å². The van der Waals surface area contributed by atoms with E-state index in [1.54, 1.807) is 6.07 Å². The fourth-order valence-corrected chi connectivity index (χ4v) is 3.58. The van der Waals surface area contributed by atoms with Gasteiger partial charge in [-0.3, -0.25) is 0 Å². The second kappa shape index (κ2) is 4.90. The highest BCUT2D eigenvalue weighted by atomic mass is 35.5. The van der Waals surface area contributed by atoms with Gasteiger partial charge < -0.3 is 14.6 Å². The molecule has 1 aromatic carbocycles. The second-order valence-corrected chi connectivity index (χ2v) is 6.70. The molecule has 2 heterocycles. The molecule has 2 aliphatic heterocycles. The number of rotatable bonds is 1. The molecular formula is C16H21ClO3. The molecule has 3 rings (SSSR count). The van der Waals surface area contributed by atoms with Crippen molar-refractivity contribution >= 4 is 11.6 Å². The number of fused-ring (bicyclic) bond motifs is 1. The fourth-order valence-electron chi connectivity index (χ4n) is 3.40. The zero-order valence-corrected chi connectivity index (χ0v) is 12.7. The molecule has 4 heteroatoms. The zero-order chi connectivity index (χ0) is 14.4. The number of aliphatic hydroxyl groups excluding tert-OH is 1. The predicted octanol–water partition coefficient (Wildman–Crippen LogP) is 3.87. The third kappa shape index (κ3) is 2.43. The van der Waals surface area contributed by atoms with Gasteiger partial charge in [0.05, 0.1) is 18.3 Å². The largest absolute Gasteiger partial charge is 0.487 e. The minimum absolute atomic E-state index is 0.165. The molecule has 2 aliphatic rings. The molecule has 3 nitrogen and oxygen atoms in total. The predicted molar refractivity (Wildman–Crippen MR) is 78.3 cm³/mol. The van der Waals surface area contributed by atoms with Gasteiger partial charge in [-0.1, -0.05) is 18.5 Å². The van der Waals surface area contributed by atoms with E-state index in [1.807, 2.05) is 12.1 Å². The van der Waals surface area contributed by atoms with Crippen LogP contribution in [0.3, 0.4) is 0 Å². The third-order valence-electron chi connectivity index (χ3n) is 4.67. The summed E-state index contributed by atoms with van der Waals surface area (Å²) >= 11 is 6.00. The highest BCUT2D eigenvalue weighted by Crippen LogP contribution is 2.48. The van der Waals surface area contributed by atoms with Gasteiger partial charge >= 0.3 is 0 Å². The Balaban J connectivity index is 1.92. The van der Waals surface area contributed by atoms with Crippen LogP contribution in [0.25, 0.3) is 0 Å². The van der Waals surface area contributed by atoms with Gasteiger partial charge in [0.25, 0.3) is 0 Å². The zero-order valence-electron chi connectivity index (χ0n) is 12.0. The molecule has 3 atom stereocenters. The molecular weight excluding hydrogens is 276 g/mol. The Morgan fingerprint density at radius 1 is 1.45 bits per heavy atom. The van der Waals surface area contributed by atoms with Gasteiger partial charge in [0.2, 0.25) is 0 Å². The molecule has 2 unspecified atom stereocenters. The second-order valence-electron chi connectivity index (χ2n) is 6.27. The van der Waals surface area contributed by atoms with Gasteiger partial charge in [-0.15, -0.1) is 0 Å². The number of hydrogen-bond acceptors (Lipinski definition) is 3. The van der Waals surface area contributed by atoms with Crippen molar-refractivity contribution in [3.05, 3.63) is 28.8 Å². The minimum Gasteiger partial charge on any atom is -0.487 e. The first-order chi connectivity index (χ1) is 9.45. The first-order valence-electron chi connectivity index (χ1n) is 7.26. The molecule has 1 fully saturated rings. The molecule has 1 saturated heterocycles. The van der Waals surface area contributed by atoms with Crippen LogP contribution < -0.4 is 4.74 Å². The first-order valence-corrected chi connectivity index (χ1v) is 7.64. The summed E-state index contributed by atoms with van der Waals surface area (Å²) in [6.07, 6.45) is 2.68. The maximum Gasteiger partial charge on any atom is 0.126 e. The Labute approximate surface area is 124 Å². The lowest BCUT2D eigenvalue weighted by atomic mass is 9.76. The summed E-state index contributed by atoms with van der Waals surface area (Å²) in [5, 5.41) is 11.1. The smallest absolute Gasteiger partial charge is 0.126 e.